The molecule has 2 rings (SSSR count). The van der Waals surface area contributed by atoms with Crippen molar-refractivity contribution in [2.24, 2.45) is 0 Å². The molecule has 1 aromatic carbocycles. The molecule has 0 atom stereocenters. The molecule has 0 saturated heterocycles. The summed E-state index contributed by atoms with van der Waals surface area (Å²) in [5.41, 5.74) is 1.05. The zero-order valence-corrected chi connectivity index (χ0v) is 12.1. The van der Waals surface area contributed by atoms with Gasteiger partial charge < -0.3 is 5.32 Å². The van der Waals surface area contributed by atoms with Crippen molar-refractivity contribution in [2.75, 3.05) is 5.32 Å². The number of nitro groups is 1. The van der Waals surface area contributed by atoms with E-state index in [1.165, 1.54) is 18.3 Å². The lowest BCUT2D eigenvalue weighted by Gasteiger charge is -2.09. The van der Waals surface area contributed by atoms with Crippen molar-refractivity contribution in [3.8, 4) is 0 Å². The van der Waals surface area contributed by atoms with Crippen molar-refractivity contribution in [2.45, 2.75) is 13.5 Å². The highest BCUT2D eigenvalue weighted by Gasteiger charge is 2.10. The summed E-state index contributed by atoms with van der Waals surface area (Å²) in [6.45, 7) is 1.95. The molecule has 0 spiro atoms. The Balaban J connectivity index is 2.15. The molecule has 1 heterocycles. The minimum absolute atomic E-state index is 0.0679. The van der Waals surface area contributed by atoms with Crippen LogP contribution in [0, 0.1) is 22.9 Å². The fourth-order valence-electron chi connectivity index (χ4n) is 1.70. The number of hydrogen-bond donors (Lipinski definition) is 1. The van der Waals surface area contributed by atoms with E-state index in [1.807, 2.05) is 0 Å². The number of nitrogens with zero attached hydrogens (tertiary/aromatic N) is 2. The molecule has 0 aliphatic heterocycles. The number of pyridine rings is 1. The Morgan fingerprint density at radius 3 is 2.85 bits per heavy atom. The summed E-state index contributed by atoms with van der Waals surface area (Å²) in [5.74, 6) is 0.176. The number of rotatable bonds is 4. The first-order chi connectivity index (χ1) is 9.47. The fourth-order valence-corrected chi connectivity index (χ4v) is 2.11. The molecule has 0 fully saturated rings. The molecule has 0 bridgehead atoms. The Hall–Kier alpha value is -2.02. The summed E-state index contributed by atoms with van der Waals surface area (Å²) in [7, 11) is 0. The van der Waals surface area contributed by atoms with Gasteiger partial charge in [0.25, 0.3) is 5.69 Å². The van der Waals surface area contributed by atoms with Gasteiger partial charge in [-0.05, 0) is 30.7 Å². The zero-order valence-electron chi connectivity index (χ0n) is 10.6. The van der Waals surface area contributed by atoms with Crippen molar-refractivity contribution < 1.29 is 9.31 Å². The van der Waals surface area contributed by atoms with E-state index < -0.39 is 4.92 Å². The van der Waals surface area contributed by atoms with Gasteiger partial charge in [-0.3, -0.25) is 10.1 Å². The van der Waals surface area contributed by atoms with Gasteiger partial charge in [0.15, 0.2) is 0 Å². The molecule has 0 saturated carbocycles. The van der Waals surface area contributed by atoms with Crippen LogP contribution in [0.4, 0.5) is 15.9 Å². The molecule has 104 valence electrons. The molecule has 1 aromatic heterocycles. The highest BCUT2D eigenvalue weighted by atomic mass is 79.9. The fraction of sp³-hybridized carbons (Fsp3) is 0.154. The number of hydrogen-bond acceptors (Lipinski definition) is 4. The summed E-state index contributed by atoms with van der Waals surface area (Å²) in [6, 6.07) is 6.08. The van der Waals surface area contributed by atoms with Crippen LogP contribution in [0.25, 0.3) is 0 Å². The van der Waals surface area contributed by atoms with E-state index >= 15 is 0 Å². The van der Waals surface area contributed by atoms with Gasteiger partial charge in [-0.1, -0.05) is 15.9 Å². The Bertz CT molecular complexity index is 664. The van der Waals surface area contributed by atoms with Gasteiger partial charge in [-0.25, -0.2) is 9.37 Å². The monoisotopic (exact) mass is 339 g/mol. The van der Waals surface area contributed by atoms with Gasteiger partial charge in [0.1, 0.15) is 17.8 Å². The summed E-state index contributed by atoms with van der Waals surface area (Å²) in [4.78, 5) is 14.1. The normalized spacial score (nSPS) is 10.3. The van der Waals surface area contributed by atoms with Crippen LogP contribution in [-0.2, 0) is 6.54 Å². The lowest BCUT2D eigenvalue weighted by Crippen LogP contribution is -2.05. The van der Waals surface area contributed by atoms with E-state index in [1.54, 1.807) is 19.1 Å². The van der Waals surface area contributed by atoms with Crippen molar-refractivity contribution >= 4 is 27.4 Å². The second-order valence-corrected chi connectivity index (χ2v) is 5.12. The summed E-state index contributed by atoms with van der Waals surface area (Å²) >= 11 is 3.28. The largest absolute Gasteiger partial charge is 0.366 e. The Labute approximate surface area is 123 Å². The van der Waals surface area contributed by atoms with E-state index in [4.69, 9.17) is 0 Å². The lowest BCUT2D eigenvalue weighted by atomic mass is 10.2. The van der Waals surface area contributed by atoms with Crippen LogP contribution in [-0.4, -0.2) is 9.91 Å². The van der Waals surface area contributed by atoms with E-state index in [2.05, 4.69) is 26.2 Å². The van der Waals surface area contributed by atoms with Gasteiger partial charge in [0, 0.05) is 22.6 Å². The predicted octanol–water partition coefficient (Wildman–Crippen LogP) is 3.81. The maximum atomic E-state index is 13.6. The number of aryl methyl sites for hydroxylation is 1. The molecule has 0 unspecified atom stereocenters. The smallest absolute Gasteiger partial charge is 0.287 e. The second kappa shape index (κ2) is 5.96. The van der Waals surface area contributed by atoms with Crippen molar-refractivity contribution in [1.82, 2.24) is 4.98 Å². The van der Waals surface area contributed by atoms with E-state index in [-0.39, 0.29) is 18.0 Å². The van der Waals surface area contributed by atoms with Crippen LogP contribution < -0.4 is 5.32 Å². The van der Waals surface area contributed by atoms with Crippen molar-refractivity contribution in [3.63, 3.8) is 0 Å². The number of aromatic nitrogens is 1. The highest BCUT2D eigenvalue weighted by molar-refractivity contribution is 9.10. The average molecular weight is 340 g/mol. The van der Waals surface area contributed by atoms with Crippen LogP contribution in [0.1, 0.15) is 11.1 Å². The number of benzene rings is 1. The maximum absolute atomic E-state index is 13.6. The third-order valence-electron chi connectivity index (χ3n) is 2.73. The molecule has 2 aromatic rings. The molecule has 0 amide bonds. The van der Waals surface area contributed by atoms with E-state index in [0.29, 0.717) is 16.9 Å². The second-order valence-electron chi connectivity index (χ2n) is 4.21. The zero-order chi connectivity index (χ0) is 14.7. The van der Waals surface area contributed by atoms with Crippen LogP contribution in [0.5, 0.6) is 0 Å². The van der Waals surface area contributed by atoms with Crippen molar-refractivity contribution in [3.05, 3.63) is 62.0 Å². The summed E-state index contributed by atoms with van der Waals surface area (Å²) in [6.07, 6.45) is 1.17. The average Bonchev–Trinajstić information content (AvgIpc) is 2.40. The molecular weight excluding hydrogens is 329 g/mol. The van der Waals surface area contributed by atoms with E-state index in [9.17, 15) is 14.5 Å². The van der Waals surface area contributed by atoms with E-state index in [0.717, 1.165) is 4.47 Å². The third-order valence-corrected chi connectivity index (χ3v) is 3.22. The standard InChI is InChI=1S/C13H11BrFN3O2/c1-8-4-11(18(19)20)7-17-13(8)16-6-9-5-10(14)2-3-12(9)15/h2-5,7H,6H2,1H3,(H,16,17). The number of anilines is 1. The van der Waals surface area contributed by atoms with Gasteiger partial charge in [0.2, 0.25) is 0 Å². The minimum Gasteiger partial charge on any atom is -0.366 e. The van der Waals surface area contributed by atoms with Crippen LogP contribution >= 0.6 is 15.9 Å². The van der Waals surface area contributed by atoms with Gasteiger partial charge >= 0.3 is 0 Å². The topological polar surface area (TPSA) is 68.1 Å². The molecule has 1 N–H and O–H groups in total. The SMILES string of the molecule is Cc1cc([N+](=O)[O-])cnc1NCc1cc(Br)ccc1F. The maximum Gasteiger partial charge on any atom is 0.287 e. The minimum atomic E-state index is -0.502. The van der Waals surface area contributed by atoms with Gasteiger partial charge in [0.05, 0.1) is 4.92 Å². The first-order valence-electron chi connectivity index (χ1n) is 5.76. The Morgan fingerprint density at radius 2 is 2.20 bits per heavy atom. The molecule has 5 nitrogen and oxygen atoms in total. The number of halogens is 2. The Kier molecular flexibility index (Phi) is 4.29. The summed E-state index contributed by atoms with van der Waals surface area (Å²) < 4.78 is 14.4. The third kappa shape index (κ3) is 3.30. The molecule has 0 aliphatic rings. The van der Waals surface area contributed by atoms with Crippen LogP contribution in [0.3, 0.4) is 0 Å². The Morgan fingerprint density at radius 1 is 1.45 bits per heavy atom. The van der Waals surface area contributed by atoms with Crippen LogP contribution in [0.15, 0.2) is 34.9 Å². The quantitative estimate of drug-likeness (QED) is 0.679. The molecule has 20 heavy (non-hydrogen) atoms. The highest BCUT2D eigenvalue weighted by Crippen LogP contribution is 2.20. The van der Waals surface area contributed by atoms with Crippen LogP contribution in [0.2, 0.25) is 0 Å². The molecular formula is C13H11BrFN3O2. The number of nitrogens with one attached hydrogen (secondary N) is 1. The van der Waals surface area contributed by atoms with Crippen molar-refractivity contribution in [1.29, 1.82) is 0 Å². The summed E-state index contributed by atoms with van der Waals surface area (Å²) in [5, 5.41) is 13.6. The molecule has 0 radical (unpaired) electrons. The molecule has 7 heteroatoms. The van der Waals surface area contributed by atoms with Gasteiger partial charge in [-0.2, -0.15) is 0 Å². The first-order valence-corrected chi connectivity index (χ1v) is 6.55. The molecule has 0 aliphatic carbocycles. The predicted molar refractivity (Wildman–Crippen MR) is 77.1 cm³/mol. The first kappa shape index (κ1) is 14.4. The lowest BCUT2D eigenvalue weighted by molar-refractivity contribution is -0.385. The van der Waals surface area contributed by atoms with Gasteiger partial charge in [-0.15, -0.1) is 0 Å².